The van der Waals surface area contributed by atoms with Crippen molar-refractivity contribution in [2.24, 2.45) is 0 Å². The minimum absolute atomic E-state index is 0.188. The first-order valence-corrected chi connectivity index (χ1v) is 5.22. The maximum atomic E-state index is 5.81. The van der Waals surface area contributed by atoms with Gasteiger partial charge in [0.1, 0.15) is 5.75 Å². The molecule has 0 aliphatic carbocycles. The molecule has 0 unspecified atom stereocenters. The zero-order valence-corrected chi connectivity index (χ0v) is 9.09. The van der Waals surface area contributed by atoms with E-state index >= 15 is 0 Å². The van der Waals surface area contributed by atoms with E-state index in [1.54, 1.807) is 0 Å². The second-order valence-electron chi connectivity index (χ2n) is 2.55. The van der Waals surface area contributed by atoms with E-state index < -0.39 is 0 Å². The van der Waals surface area contributed by atoms with Crippen molar-refractivity contribution in [3.05, 3.63) is 23.2 Å². The Morgan fingerprint density at radius 3 is 3.25 bits per heavy atom. The highest BCUT2D eigenvalue weighted by Gasteiger charge is 2.15. The first kappa shape index (κ1) is 8.44. The summed E-state index contributed by atoms with van der Waals surface area (Å²) in [6.07, 6.45) is 0. The summed E-state index contributed by atoms with van der Waals surface area (Å²) in [6, 6.07) is 5.61. The summed E-state index contributed by atoms with van der Waals surface area (Å²) >= 11 is 8.05. The lowest BCUT2D eigenvalue weighted by Crippen LogP contribution is -2.24. The average molecular weight is 296 g/mol. The summed E-state index contributed by atoms with van der Waals surface area (Å²) < 4.78 is 5.74. The third-order valence-electron chi connectivity index (χ3n) is 1.65. The zero-order chi connectivity index (χ0) is 8.55. The van der Waals surface area contributed by atoms with Gasteiger partial charge < -0.3 is 10.1 Å². The normalized spacial score (nSPS) is 20.7. The van der Waals surface area contributed by atoms with Crippen molar-refractivity contribution >= 4 is 39.9 Å². The molecule has 0 fully saturated rings. The maximum Gasteiger partial charge on any atom is 0.166 e. The highest BCUT2D eigenvalue weighted by atomic mass is 127. The highest BCUT2D eigenvalue weighted by Crippen LogP contribution is 2.32. The topological polar surface area (TPSA) is 21.3 Å². The largest absolute Gasteiger partial charge is 0.476 e. The summed E-state index contributed by atoms with van der Waals surface area (Å²) in [5.41, 5.74) is 1.02. The third-order valence-corrected chi connectivity index (χ3v) is 2.58. The summed E-state index contributed by atoms with van der Waals surface area (Å²) in [7, 11) is 0. The van der Waals surface area contributed by atoms with Crippen LogP contribution in [0.1, 0.15) is 0 Å². The van der Waals surface area contributed by atoms with Crippen molar-refractivity contribution in [2.45, 2.75) is 4.11 Å². The second kappa shape index (κ2) is 3.30. The minimum Gasteiger partial charge on any atom is -0.476 e. The van der Waals surface area contributed by atoms with Gasteiger partial charge in [0.25, 0.3) is 0 Å². The number of anilines is 1. The molecule has 0 bridgehead atoms. The molecule has 1 aromatic carbocycles. The Labute approximate surface area is 89.4 Å². The van der Waals surface area contributed by atoms with Crippen LogP contribution in [0.5, 0.6) is 5.75 Å². The van der Waals surface area contributed by atoms with Crippen LogP contribution in [-0.4, -0.2) is 10.7 Å². The van der Waals surface area contributed by atoms with Crippen molar-refractivity contribution in [1.29, 1.82) is 0 Å². The van der Waals surface area contributed by atoms with E-state index in [1.165, 1.54) is 0 Å². The van der Waals surface area contributed by atoms with Gasteiger partial charge in [-0.3, -0.25) is 0 Å². The first-order chi connectivity index (χ1) is 5.75. The van der Waals surface area contributed by atoms with E-state index in [-0.39, 0.29) is 4.11 Å². The molecule has 1 aromatic rings. The van der Waals surface area contributed by atoms with Gasteiger partial charge in [-0.05, 0) is 34.7 Å². The lowest BCUT2D eigenvalue weighted by atomic mass is 10.2. The second-order valence-corrected chi connectivity index (χ2v) is 4.38. The van der Waals surface area contributed by atoms with Crippen molar-refractivity contribution in [3.8, 4) is 5.75 Å². The number of fused-ring (bicyclic) bond motifs is 1. The third kappa shape index (κ3) is 1.61. The van der Waals surface area contributed by atoms with Crippen molar-refractivity contribution in [2.75, 3.05) is 11.9 Å². The molecule has 12 heavy (non-hydrogen) atoms. The predicted octanol–water partition coefficient (Wildman–Crippen LogP) is 2.91. The van der Waals surface area contributed by atoms with E-state index in [1.807, 2.05) is 18.2 Å². The number of benzene rings is 1. The SMILES string of the molecule is Clc1ccc2c(c1)O[C@H](I)CN2. The lowest BCUT2D eigenvalue weighted by Gasteiger charge is -2.23. The Morgan fingerprint density at radius 2 is 2.42 bits per heavy atom. The quantitative estimate of drug-likeness (QED) is 0.587. The Balaban J connectivity index is 2.37. The number of alkyl halides is 1. The first-order valence-electron chi connectivity index (χ1n) is 3.60. The Hall–Kier alpha value is -0.160. The van der Waals surface area contributed by atoms with Gasteiger partial charge in [-0.2, -0.15) is 0 Å². The molecule has 2 rings (SSSR count). The van der Waals surface area contributed by atoms with Gasteiger partial charge in [0, 0.05) is 11.1 Å². The summed E-state index contributed by atoms with van der Waals surface area (Å²) in [4.78, 5) is 0. The van der Waals surface area contributed by atoms with Crippen LogP contribution in [0.15, 0.2) is 18.2 Å². The molecule has 0 spiro atoms. The van der Waals surface area contributed by atoms with E-state index in [9.17, 15) is 0 Å². The minimum atomic E-state index is 0.188. The zero-order valence-electron chi connectivity index (χ0n) is 6.18. The monoisotopic (exact) mass is 295 g/mol. The van der Waals surface area contributed by atoms with Crippen LogP contribution in [-0.2, 0) is 0 Å². The number of halogens is 2. The number of hydrogen-bond acceptors (Lipinski definition) is 2. The lowest BCUT2D eigenvalue weighted by molar-refractivity contribution is 0.305. The van der Waals surface area contributed by atoms with Crippen LogP contribution < -0.4 is 10.1 Å². The van der Waals surface area contributed by atoms with Gasteiger partial charge in [-0.15, -0.1) is 0 Å². The fourth-order valence-corrected chi connectivity index (χ4v) is 1.77. The summed E-state index contributed by atoms with van der Waals surface area (Å²) in [5.74, 6) is 0.841. The van der Waals surface area contributed by atoms with Crippen molar-refractivity contribution in [3.63, 3.8) is 0 Å². The van der Waals surface area contributed by atoms with Gasteiger partial charge in [0.05, 0.1) is 12.2 Å². The van der Waals surface area contributed by atoms with Crippen LogP contribution in [0.2, 0.25) is 5.02 Å². The molecule has 64 valence electrons. The van der Waals surface area contributed by atoms with Crippen LogP contribution in [0.3, 0.4) is 0 Å². The number of rotatable bonds is 0. The summed E-state index contributed by atoms with van der Waals surface area (Å²) in [6.45, 7) is 0.842. The molecule has 0 saturated carbocycles. The van der Waals surface area contributed by atoms with E-state index in [0.717, 1.165) is 18.0 Å². The molecule has 0 amide bonds. The molecule has 1 aliphatic rings. The van der Waals surface area contributed by atoms with Crippen LogP contribution in [0, 0.1) is 0 Å². The van der Waals surface area contributed by atoms with Crippen LogP contribution in [0.25, 0.3) is 0 Å². The van der Waals surface area contributed by atoms with E-state index in [2.05, 4.69) is 27.9 Å². The van der Waals surface area contributed by atoms with Crippen LogP contribution in [0.4, 0.5) is 5.69 Å². The molecule has 1 N–H and O–H groups in total. The number of hydrogen-bond donors (Lipinski definition) is 1. The molecule has 0 radical (unpaired) electrons. The highest BCUT2D eigenvalue weighted by molar-refractivity contribution is 14.1. The van der Waals surface area contributed by atoms with E-state index in [0.29, 0.717) is 5.02 Å². The number of nitrogens with one attached hydrogen (secondary N) is 1. The fourth-order valence-electron chi connectivity index (χ4n) is 1.11. The standard InChI is InChI=1S/C8H7ClINO/c9-5-1-2-6-7(3-5)12-8(10)4-11-6/h1-3,8,11H,4H2/t8-/m0/s1. The molecule has 1 atom stereocenters. The fraction of sp³-hybridized carbons (Fsp3) is 0.250. The van der Waals surface area contributed by atoms with Gasteiger partial charge >= 0.3 is 0 Å². The Kier molecular flexibility index (Phi) is 2.32. The van der Waals surface area contributed by atoms with Gasteiger partial charge in [0.15, 0.2) is 4.11 Å². The molecule has 2 nitrogen and oxygen atoms in total. The number of ether oxygens (including phenoxy) is 1. The van der Waals surface area contributed by atoms with Crippen molar-refractivity contribution < 1.29 is 4.74 Å². The molecule has 0 saturated heterocycles. The molecule has 1 aliphatic heterocycles. The smallest absolute Gasteiger partial charge is 0.166 e. The Morgan fingerprint density at radius 1 is 1.58 bits per heavy atom. The maximum absolute atomic E-state index is 5.81. The van der Waals surface area contributed by atoms with Crippen LogP contribution >= 0.6 is 34.2 Å². The van der Waals surface area contributed by atoms with Gasteiger partial charge in [0.2, 0.25) is 0 Å². The van der Waals surface area contributed by atoms with Gasteiger partial charge in [-0.1, -0.05) is 11.6 Å². The average Bonchev–Trinajstić information content (AvgIpc) is 2.03. The Bertz CT molecular complexity index is 305. The molecule has 0 aromatic heterocycles. The summed E-state index contributed by atoms with van der Waals surface area (Å²) in [5, 5.41) is 3.96. The van der Waals surface area contributed by atoms with Crippen molar-refractivity contribution in [1.82, 2.24) is 0 Å². The van der Waals surface area contributed by atoms with E-state index in [4.69, 9.17) is 16.3 Å². The van der Waals surface area contributed by atoms with Gasteiger partial charge in [-0.25, -0.2) is 0 Å². The molecule has 4 heteroatoms. The molecular formula is C8H7ClINO. The molecular weight excluding hydrogens is 288 g/mol. The predicted molar refractivity (Wildman–Crippen MR) is 58.4 cm³/mol. The molecule has 1 heterocycles.